The molecule has 25 heavy (non-hydrogen) atoms. The Morgan fingerprint density at radius 1 is 0.960 bits per heavy atom. The summed E-state index contributed by atoms with van der Waals surface area (Å²) in [5, 5.41) is 0. The normalized spacial score (nSPS) is 13.0. The van der Waals surface area contributed by atoms with Crippen molar-refractivity contribution in [2.24, 2.45) is 0 Å². The minimum absolute atomic E-state index is 0.578. The molecule has 130 valence electrons. The summed E-state index contributed by atoms with van der Waals surface area (Å²) in [6, 6.07) is 9.86. The largest absolute Gasteiger partial charge is 0.493 e. The van der Waals surface area contributed by atoms with Crippen molar-refractivity contribution in [2.75, 3.05) is 27.4 Å². The third-order valence-electron chi connectivity index (χ3n) is 4.29. The zero-order valence-corrected chi connectivity index (χ0v) is 14.3. The number of aromatic nitrogens is 2. The van der Waals surface area contributed by atoms with Gasteiger partial charge in [0.2, 0.25) is 0 Å². The average Bonchev–Trinajstić information content (AvgIpc) is 3.05. The summed E-state index contributed by atoms with van der Waals surface area (Å²) >= 11 is 0. The number of ether oxygens (including phenoxy) is 4. The summed E-state index contributed by atoms with van der Waals surface area (Å²) in [6.07, 6.45) is 1.66. The second-order valence-electron chi connectivity index (χ2n) is 5.89. The van der Waals surface area contributed by atoms with Crippen LogP contribution in [0.4, 0.5) is 0 Å². The first kappa shape index (κ1) is 15.6. The molecule has 0 spiro atoms. The van der Waals surface area contributed by atoms with Crippen LogP contribution < -0.4 is 18.9 Å². The lowest BCUT2D eigenvalue weighted by Crippen LogP contribution is -2.15. The Kier molecular flexibility index (Phi) is 4.09. The average molecular weight is 340 g/mol. The maximum atomic E-state index is 5.62. The van der Waals surface area contributed by atoms with Crippen molar-refractivity contribution >= 4 is 11.0 Å². The van der Waals surface area contributed by atoms with Crippen LogP contribution in [0.15, 0.2) is 30.3 Å². The Hall–Kier alpha value is -2.89. The van der Waals surface area contributed by atoms with Gasteiger partial charge in [0.05, 0.1) is 25.3 Å². The van der Waals surface area contributed by atoms with Crippen molar-refractivity contribution in [1.29, 1.82) is 0 Å². The van der Waals surface area contributed by atoms with Crippen molar-refractivity contribution in [3.63, 3.8) is 0 Å². The molecule has 1 aromatic heterocycles. The highest BCUT2D eigenvalue weighted by Gasteiger charge is 2.15. The molecule has 0 amide bonds. The lowest BCUT2D eigenvalue weighted by Gasteiger charge is -2.17. The number of rotatable bonds is 5. The molecule has 2 aromatic carbocycles. The lowest BCUT2D eigenvalue weighted by atomic mass is 10.1. The second kappa shape index (κ2) is 6.55. The first-order valence-electron chi connectivity index (χ1n) is 8.26. The molecule has 6 heteroatoms. The van der Waals surface area contributed by atoms with E-state index in [0.29, 0.717) is 13.2 Å². The highest BCUT2D eigenvalue weighted by atomic mass is 16.6. The molecule has 1 aliphatic heterocycles. The van der Waals surface area contributed by atoms with E-state index in [-0.39, 0.29) is 0 Å². The minimum Gasteiger partial charge on any atom is -0.493 e. The fraction of sp³-hybridized carbons (Fsp3) is 0.316. The number of nitrogens with one attached hydrogen (secondary N) is 1. The van der Waals surface area contributed by atoms with Crippen molar-refractivity contribution in [3.05, 3.63) is 41.7 Å². The van der Waals surface area contributed by atoms with Gasteiger partial charge in [-0.15, -0.1) is 0 Å². The van der Waals surface area contributed by atoms with Gasteiger partial charge in [-0.2, -0.15) is 0 Å². The lowest BCUT2D eigenvalue weighted by molar-refractivity contribution is 0.172. The van der Waals surface area contributed by atoms with Crippen LogP contribution in [0.1, 0.15) is 11.4 Å². The van der Waals surface area contributed by atoms with E-state index in [2.05, 4.69) is 9.97 Å². The molecule has 0 radical (unpaired) electrons. The van der Waals surface area contributed by atoms with Crippen molar-refractivity contribution in [2.45, 2.75) is 12.8 Å². The maximum Gasteiger partial charge on any atom is 0.163 e. The topological polar surface area (TPSA) is 65.6 Å². The molecular weight excluding hydrogens is 320 g/mol. The molecule has 0 bridgehead atoms. The molecular formula is C19H20N2O4. The molecule has 3 aromatic rings. The number of nitrogens with zero attached hydrogens (tertiary/aromatic N) is 1. The van der Waals surface area contributed by atoms with Crippen molar-refractivity contribution < 1.29 is 18.9 Å². The number of fused-ring (bicyclic) bond motifs is 2. The Labute approximate surface area is 145 Å². The van der Waals surface area contributed by atoms with E-state index in [9.17, 15) is 0 Å². The predicted molar refractivity (Wildman–Crippen MR) is 94.0 cm³/mol. The highest BCUT2D eigenvalue weighted by Crippen LogP contribution is 2.34. The summed E-state index contributed by atoms with van der Waals surface area (Å²) in [5.41, 5.74) is 3.03. The zero-order chi connectivity index (χ0) is 17.2. The minimum atomic E-state index is 0.578. The highest BCUT2D eigenvalue weighted by molar-refractivity contribution is 5.79. The van der Waals surface area contributed by atoms with Gasteiger partial charge >= 0.3 is 0 Å². The van der Waals surface area contributed by atoms with Crippen molar-refractivity contribution in [3.8, 4) is 23.0 Å². The van der Waals surface area contributed by atoms with Gasteiger partial charge in [-0.05, 0) is 24.1 Å². The van der Waals surface area contributed by atoms with E-state index in [0.717, 1.165) is 52.7 Å². The van der Waals surface area contributed by atoms with Gasteiger partial charge in [-0.25, -0.2) is 4.98 Å². The monoisotopic (exact) mass is 340 g/mol. The van der Waals surface area contributed by atoms with E-state index in [1.807, 2.05) is 30.3 Å². The van der Waals surface area contributed by atoms with Crippen LogP contribution in [-0.2, 0) is 12.8 Å². The molecule has 4 rings (SSSR count). The number of hydrogen-bond donors (Lipinski definition) is 1. The standard InChI is InChI=1S/C19H20N2O4/c1-22-15-5-3-12(9-16(15)23-2)4-6-19-20-13-10-17-18(11-14(13)21-19)25-8-7-24-17/h3,5,9-11H,4,6-8H2,1-2H3,(H,20,21). The quantitative estimate of drug-likeness (QED) is 0.773. The summed E-state index contributed by atoms with van der Waals surface area (Å²) < 4.78 is 21.9. The van der Waals surface area contributed by atoms with Gasteiger partial charge in [-0.3, -0.25) is 0 Å². The van der Waals surface area contributed by atoms with Crippen LogP contribution in [0, 0.1) is 0 Å². The van der Waals surface area contributed by atoms with Crippen LogP contribution in [0.5, 0.6) is 23.0 Å². The van der Waals surface area contributed by atoms with Gasteiger partial charge in [0, 0.05) is 18.6 Å². The first-order chi connectivity index (χ1) is 12.3. The van der Waals surface area contributed by atoms with E-state index in [1.54, 1.807) is 14.2 Å². The molecule has 0 aliphatic carbocycles. The third-order valence-corrected chi connectivity index (χ3v) is 4.29. The van der Waals surface area contributed by atoms with E-state index in [4.69, 9.17) is 18.9 Å². The SMILES string of the molecule is COc1ccc(CCc2nc3cc4c(cc3[nH]2)OCCO4)cc1OC. The van der Waals surface area contributed by atoms with Gasteiger partial charge in [0.15, 0.2) is 23.0 Å². The van der Waals surface area contributed by atoms with Crippen LogP contribution in [0.25, 0.3) is 11.0 Å². The third kappa shape index (κ3) is 3.07. The van der Waals surface area contributed by atoms with Crippen molar-refractivity contribution in [1.82, 2.24) is 9.97 Å². The summed E-state index contributed by atoms with van der Waals surface area (Å²) in [5.74, 6) is 3.95. The second-order valence-corrected chi connectivity index (χ2v) is 5.89. The van der Waals surface area contributed by atoms with Crippen LogP contribution >= 0.6 is 0 Å². The Bertz CT molecular complexity index is 861. The molecule has 1 N–H and O–H groups in total. The Morgan fingerprint density at radius 3 is 2.48 bits per heavy atom. The number of methoxy groups -OCH3 is 2. The summed E-state index contributed by atoms with van der Waals surface area (Å²) in [7, 11) is 3.28. The van der Waals surface area contributed by atoms with Crippen LogP contribution in [-0.4, -0.2) is 37.4 Å². The van der Waals surface area contributed by atoms with Crippen LogP contribution in [0.2, 0.25) is 0 Å². The number of aryl methyl sites for hydroxylation is 2. The number of benzene rings is 2. The van der Waals surface area contributed by atoms with Gasteiger partial charge in [0.25, 0.3) is 0 Å². The van der Waals surface area contributed by atoms with E-state index in [1.165, 1.54) is 5.56 Å². The summed E-state index contributed by atoms with van der Waals surface area (Å²) in [6.45, 7) is 1.16. The fourth-order valence-corrected chi connectivity index (χ4v) is 3.02. The Morgan fingerprint density at radius 2 is 1.72 bits per heavy atom. The molecule has 6 nitrogen and oxygen atoms in total. The first-order valence-corrected chi connectivity index (χ1v) is 8.26. The fourth-order valence-electron chi connectivity index (χ4n) is 3.02. The predicted octanol–water partition coefficient (Wildman–Crippen LogP) is 3.14. The van der Waals surface area contributed by atoms with Crippen LogP contribution in [0.3, 0.4) is 0 Å². The molecule has 0 unspecified atom stereocenters. The molecule has 0 fully saturated rings. The molecule has 0 atom stereocenters. The maximum absolute atomic E-state index is 5.62. The van der Waals surface area contributed by atoms with E-state index >= 15 is 0 Å². The number of aromatic amines is 1. The zero-order valence-electron chi connectivity index (χ0n) is 14.3. The number of H-pyrrole nitrogens is 1. The molecule has 0 saturated carbocycles. The van der Waals surface area contributed by atoms with Gasteiger partial charge in [-0.1, -0.05) is 6.07 Å². The van der Waals surface area contributed by atoms with Gasteiger partial charge < -0.3 is 23.9 Å². The Balaban J connectivity index is 1.53. The smallest absolute Gasteiger partial charge is 0.163 e. The summed E-state index contributed by atoms with van der Waals surface area (Å²) in [4.78, 5) is 8.03. The van der Waals surface area contributed by atoms with E-state index < -0.39 is 0 Å². The number of imidazole rings is 1. The van der Waals surface area contributed by atoms with Gasteiger partial charge in [0.1, 0.15) is 19.0 Å². The molecule has 2 heterocycles. The molecule has 1 aliphatic rings. The number of hydrogen-bond acceptors (Lipinski definition) is 5. The molecule has 0 saturated heterocycles.